The van der Waals surface area contributed by atoms with E-state index in [1.165, 1.54) is 5.06 Å². The topological polar surface area (TPSA) is 24.8 Å². The molecule has 6 heavy (non-hydrogen) atoms. The SMILES string of the molecule is C=NON(C)C. The van der Waals surface area contributed by atoms with E-state index < -0.39 is 0 Å². The summed E-state index contributed by atoms with van der Waals surface area (Å²) in [6.45, 7) is 3.09. The van der Waals surface area contributed by atoms with Crippen LogP contribution in [-0.2, 0) is 4.94 Å². The van der Waals surface area contributed by atoms with Crippen LogP contribution in [0, 0.1) is 0 Å². The number of oxime groups is 1. The molecule has 0 aromatic heterocycles. The van der Waals surface area contributed by atoms with Crippen molar-refractivity contribution in [1.29, 1.82) is 0 Å². The van der Waals surface area contributed by atoms with Crippen molar-refractivity contribution >= 4 is 6.72 Å². The maximum Gasteiger partial charge on any atom is 0.0325 e. The molecule has 36 valence electrons. The van der Waals surface area contributed by atoms with Crippen LogP contribution < -0.4 is 0 Å². The average molecular weight is 88.1 g/mol. The highest BCUT2D eigenvalue weighted by Gasteiger charge is 1.75. The fraction of sp³-hybridized carbons (Fsp3) is 0.667. The van der Waals surface area contributed by atoms with Gasteiger partial charge in [0.15, 0.2) is 0 Å². The summed E-state index contributed by atoms with van der Waals surface area (Å²) in [5, 5.41) is 4.56. The van der Waals surface area contributed by atoms with E-state index >= 15 is 0 Å². The van der Waals surface area contributed by atoms with Gasteiger partial charge in [-0.05, 0) is 0 Å². The maximum atomic E-state index is 4.39. The Bertz CT molecular complexity index is 44.1. The van der Waals surface area contributed by atoms with Gasteiger partial charge in [0.05, 0.1) is 0 Å². The molecule has 0 heterocycles. The summed E-state index contributed by atoms with van der Waals surface area (Å²) in [5.41, 5.74) is 0. The van der Waals surface area contributed by atoms with Crippen molar-refractivity contribution < 1.29 is 4.94 Å². The second-order valence-corrected chi connectivity index (χ2v) is 1.02. The van der Waals surface area contributed by atoms with Gasteiger partial charge in [0.1, 0.15) is 0 Å². The summed E-state index contributed by atoms with van der Waals surface area (Å²) >= 11 is 0. The molecule has 0 aliphatic carbocycles. The molecule has 3 heteroatoms. The van der Waals surface area contributed by atoms with E-state index in [9.17, 15) is 0 Å². The minimum absolute atomic E-state index is 1.45. The van der Waals surface area contributed by atoms with E-state index in [1.807, 2.05) is 0 Å². The zero-order valence-electron chi connectivity index (χ0n) is 4.01. The van der Waals surface area contributed by atoms with Gasteiger partial charge in [0, 0.05) is 20.8 Å². The first-order valence-electron chi connectivity index (χ1n) is 1.58. The molecule has 0 aliphatic rings. The van der Waals surface area contributed by atoms with E-state index in [0.29, 0.717) is 0 Å². The van der Waals surface area contributed by atoms with Gasteiger partial charge < -0.3 is 0 Å². The van der Waals surface area contributed by atoms with Crippen molar-refractivity contribution in [2.24, 2.45) is 5.16 Å². The summed E-state index contributed by atoms with van der Waals surface area (Å²) in [7, 11) is 3.46. The summed E-state index contributed by atoms with van der Waals surface area (Å²) < 4.78 is 0. The van der Waals surface area contributed by atoms with Crippen LogP contribution in [0.1, 0.15) is 0 Å². The van der Waals surface area contributed by atoms with Gasteiger partial charge in [-0.1, -0.05) is 5.16 Å². The lowest BCUT2D eigenvalue weighted by Crippen LogP contribution is -2.06. The van der Waals surface area contributed by atoms with Crippen LogP contribution in [0.2, 0.25) is 0 Å². The van der Waals surface area contributed by atoms with Gasteiger partial charge in [0.2, 0.25) is 0 Å². The van der Waals surface area contributed by atoms with Crippen LogP contribution in [-0.4, -0.2) is 25.9 Å². The fourth-order valence-corrected chi connectivity index (χ4v) is 0.115. The highest BCUT2D eigenvalue weighted by atomic mass is 16.8. The third-order valence-corrected chi connectivity index (χ3v) is 0.221. The monoisotopic (exact) mass is 88.1 g/mol. The molecule has 0 unspecified atom stereocenters. The van der Waals surface area contributed by atoms with Gasteiger partial charge in [-0.15, -0.1) is 5.06 Å². The first-order valence-corrected chi connectivity index (χ1v) is 1.58. The maximum absolute atomic E-state index is 4.39. The molecule has 0 fully saturated rings. The Labute approximate surface area is 37.1 Å². The summed E-state index contributed by atoms with van der Waals surface area (Å²) in [6, 6.07) is 0. The molecule has 0 atom stereocenters. The summed E-state index contributed by atoms with van der Waals surface area (Å²) in [6.07, 6.45) is 0. The first-order chi connectivity index (χ1) is 2.77. The Morgan fingerprint density at radius 1 is 1.67 bits per heavy atom. The van der Waals surface area contributed by atoms with Crippen molar-refractivity contribution in [1.82, 2.24) is 5.06 Å². The number of hydroxylamine groups is 2. The number of hydrogen-bond donors (Lipinski definition) is 0. The van der Waals surface area contributed by atoms with E-state index in [-0.39, 0.29) is 0 Å². The van der Waals surface area contributed by atoms with Crippen molar-refractivity contribution in [3.63, 3.8) is 0 Å². The molecule has 0 spiro atoms. The molecule has 0 rings (SSSR count). The van der Waals surface area contributed by atoms with Gasteiger partial charge in [-0.25, -0.2) is 0 Å². The van der Waals surface area contributed by atoms with E-state index in [4.69, 9.17) is 0 Å². The van der Waals surface area contributed by atoms with Crippen LogP contribution in [0.25, 0.3) is 0 Å². The standard InChI is InChI=1S/C3H8N2O/c1-4-6-5(2)3/h1H2,2-3H3. The Kier molecular flexibility index (Phi) is 2.40. The molecule has 3 nitrogen and oxygen atoms in total. The van der Waals surface area contributed by atoms with E-state index in [2.05, 4.69) is 16.8 Å². The lowest BCUT2D eigenvalue weighted by molar-refractivity contribution is -0.117. The van der Waals surface area contributed by atoms with Crippen LogP contribution in [0.5, 0.6) is 0 Å². The van der Waals surface area contributed by atoms with Gasteiger partial charge >= 0.3 is 0 Å². The van der Waals surface area contributed by atoms with Crippen LogP contribution >= 0.6 is 0 Å². The molecule has 0 bridgehead atoms. The zero-order valence-corrected chi connectivity index (χ0v) is 4.01. The third kappa shape index (κ3) is 3.43. The average Bonchev–Trinajstić information content (AvgIpc) is 1.35. The predicted octanol–water partition coefficient (Wildman–Crippen LogP) is 0.0952. The quantitative estimate of drug-likeness (QED) is 0.353. The first kappa shape index (κ1) is 5.43. The second kappa shape index (κ2) is 2.66. The largest absolute Gasteiger partial charge is 0.298 e. The van der Waals surface area contributed by atoms with Gasteiger partial charge in [-0.3, -0.25) is 4.94 Å². The predicted molar refractivity (Wildman–Crippen MR) is 24.3 cm³/mol. The minimum Gasteiger partial charge on any atom is -0.298 e. The molecule has 0 saturated carbocycles. The summed E-state index contributed by atoms with van der Waals surface area (Å²) in [4.78, 5) is 4.39. The molecule has 0 amide bonds. The molecule has 0 saturated heterocycles. The van der Waals surface area contributed by atoms with Crippen molar-refractivity contribution in [3.8, 4) is 0 Å². The number of nitrogens with zero attached hydrogens (tertiary/aromatic N) is 2. The lowest BCUT2D eigenvalue weighted by atomic mass is 11.2. The highest BCUT2D eigenvalue weighted by molar-refractivity contribution is 5.21. The van der Waals surface area contributed by atoms with Crippen LogP contribution in [0.4, 0.5) is 0 Å². The number of hydrogen-bond acceptors (Lipinski definition) is 3. The Hall–Kier alpha value is -0.570. The van der Waals surface area contributed by atoms with Gasteiger partial charge in [0.25, 0.3) is 0 Å². The molecular weight excluding hydrogens is 80.0 g/mol. The molecule has 0 aromatic rings. The molecule has 0 N–H and O–H groups in total. The fourth-order valence-electron chi connectivity index (χ4n) is 0.115. The second-order valence-electron chi connectivity index (χ2n) is 1.02. The van der Waals surface area contributed by atoms with Crippen molar-refractivity contribution in [2.75, 3.05) is 14.1 Å². The van der Waals surface area contributed by atoms with Crippen LogP contribution in [0.15, 0.2) is 5.16 Å². The Morgan fingerprint density at radius 2 is 2.17 bits per heavy atom. The number of rotatable bonds is 2. The highest BCUT2D eigenvalue weighted by Crippen LogP contribution is 1.72. The minimum atomic E-state index is 1.45. The molecule has 0 aromatic carbocycles. The lowest BCUT2D eigenvalue weighted by Gasteiger charge is -2.01. The molecule has 0 aliphatic heterocycles. The van der Waals surface area contributed by atoms with Crippen molar-refractivity contribution in [3.05, 3.63) is 0 Å². The zero-order chi connectivity index (χ0) is 4.99. The smallest absolute Gasteiger partial charge is 0.0325 e. The summed E-state index contributed by atoms with van der Waals surface area (Å²) in [5.74, 6) is 0. The molecule has 0 radical (unpaired) electrons. The Balaban J connectivity index is 2.81. The molecular formula is C3H8N2O. The van der Waals surface area contributed by atoms with E-state index in [0.717, 1.165) is 0 Å². The van der Waals surface area contributed by atoms with Gasteiger partial charge in [-0.2, -0.15) is 0 Å². The third-order valence-electron chi connectivity index (χ3n) is 0.221. The van der Waals surface area contributed by atoms with E-state index in [1.54, 1.807) is 14.1 Å². The van der Waals surface area contributed by atoms with Crippen molar-refractivity contribution in [2.45, 2.75) is 0 Å². The normalized spacial score (nSPS) is 8.50. The Morgan fingerprint density at radius 3 is 2.17 bits per heavy atom. The van der Waals surface area contributed by atoms with Crippen LogP contribution in [0.3, 0.4) is 0 Å².